The topological polar surface area (TPSA) is 89.5 Å². The second kappa shape index (κ2) is 7.04. The molecule has 1 rings (SSSR count). The zero-order chi connectivity index (χ0) is 15.2. The van der Waals surface area contributed by atoms with E-state index >= 15 is 0 Å². The summed E-state index contributed by atoms with van der Waals surface area (Å²) in [5.41, 5.74) is 0.846. The van der Waals surface area contributed by atoms with Gasteiger partial charge in [0.2, 0.25) is 10.0 Å². The molecule has 7 heteroatoms. The Labute approximate surface area is 118 Å². The third kappa shape index (κ3) is 5.40. The Kier molecular flexibility index (Phi) is 5.69. The van der Waals surface area contributed by atoms with Crippen LogP contribution in [0.5, 0.6) is 0 Å². The normalized spacial score (nSPS) is 10.9. The summed E-state index contributed by atoms with van der Waals surface area (Å²) in [5, 5.41) is 0. The van der Waals surface area contributed by atoms with Gasteiger partial charge in [-0.05, 0) is 38.1 Å². The molecule has 0 aliphatic carbocycles. The fraction of sp³-hybridized carbons (Fsp3) is 0.385. The van der Waals surface area contributed by atoms with Crippen LogP contribution in [0.25, 0.3) is 0 Å². The first-order valence-electron chi connectivity index (χ1n) is 6.11. The van der Waals surface area contributed by atoms with Gasteiger partial charge in [0.1, 0.15) is 0 Å². The van der Waals surface area contributed by atoms with Crippen LogP contribution in [-0.4, -0.2) is 32.5 Å². The van der Waals surface area contributed by atoms with Crippen LogP contribution in [0, 0.1) is 0 Å². The second-order valence-electron chi connectivity index (χ2n) is 4.11. The molecule has 0 fully saturated rings. The van der Waals surface area contributed by atoms with E-state index in [1.807, 2.05) is 0 Å². The average molecular weight is 299 g/mol. The quantitative estimate of drug-likeness (QED) is 0.610. The minimum absolute atomic E-state index is 0.0956. The van der Waals surface area contributed by atoms with E-state index in [0.29, 0.717) is 11.3 Å². The van der Waals surface area contributed by atoms with Gasteiger partial charge < -0.3 is 4.74 Å². The van der Waals surface area contributed by atoms with Crippen molar-refractivity contribution in [1.29, 1.82) is 0 Å². The van der Waals surface area contributed by atoms with Crippen LogP contribution in [0.4, 0.5) is 5.69 Å². The summed E-state index contributed by atoms with van der Waals surface area (Å²) in [6, 6.07) is 6.06. The van der Waals surface area contributed by atoms with Gasteiger partial charge in [0, 0.05) is 11.3 Å². The van der Waals surface area contributed by atoms with E-state index in [4.69, 9.17) is 0 Å². The number of hydrogen-bond acceptors (Lipinski definition) is 5. The zero-order valence-electron chi connectivity index (χ0n) is 11.4. The van der Waals surface area contributed by atoms with Crippen molar-refractivity contribution in [2.45, 2.75) is 20.3 Å². The van der Waals surface area contributed by atoms with Crippen molar-refractivity contribution in [3.8, 4) is 0 Å². The fourth-order valence-electron chi connectivity index (χ4n) is 1.45. The monoisotopic (exact) mass is 299 g/mol. The van der Waals surface area contributed by atoms with Crippen LogP contribution in [-0.2, 0) is 19.6 Å². The van der Waals surface area contributed by atoms with E-state index in [1.165, 1.54) is 31.2 Å². The van der Waals surface area contributed by atoms with Crippen LogP contribution in [0.3, 0.4) is 0 Å². The molecule has 0 unspecified atom stereocenters. The number of nitrogens with one attached hydrogen (secondary N) is 1. The molecular weight excluding hydrogens is 282 g/mol. The zero-order valence-corrected chi connectivity index (χ0v) is 12.2. The average Bonchev–Trinajstić information content (AvgIpc) is 2.37. The Hall–Kier alpha value is -1.89. The Morgan fingerprint density at radius 3 is 2.30 bits per heavy atom. The molecule has 20 heavy (non-hydrogen) atoms. The minimum Gasteiger partial charge on any atom is -0.466 e. The molecule has 0 heterocycles. The lowest BCUT2D eigenvalue weighted by atomic mass is 10.1. The van der Waals surface area contributed by atoms with Crippen molar-refractivity contribution in [2.75, 3.05) is 17.1 Å². The molecule has 0 aliphatic heterocycles. The van der Waals surface area contributed by atoms with Gasteiger partial charge in [-0.2, -0.15) is 0 Å². The molecule has 0 aliphatic rings. The standard InChI is InChI=1S/C13H17NO5S/c1-3-19-13(16)8-9-20(17,18)14-12-6-4-11(5-7-12)10(2)15/h4-7,14H,3,8-9H2,1-2H3. The largest absolute Gasteiger partial charge is 0.466 e. The molecule has 0 bridgehead atoms. The predicted octanol–water partition coefficient (Wildman–Crippen LogP) is 1.58. The van der Waals surface area contributed by atoms with Gasteiger partial charge in [0.05, 0.1) is 18.8 Å². The van der Waals surface area contributed by atoms with E-state index in [0.717, 1.165) is 0 Å². The van der Waals surface area contributed by atoms with Gasteiger partial charge in [-0.15, -0.1) is 0 Å². The highest BCUT2D eigenvalue weighted by Crippen LogP contribution is 2.12. The molecule has 0 amide bonds. The highest BCUT2D eigenvalue weighted by Gasteiger charge is 2.14. The number of carbonyl (C=O) groups excluding carboxylic acids is 2. The van der Waals surface area contributed by atoms with E-state index in [-0.39, 0.29) is 24.6 Å². The number of ketones is 1. The number of hydrogen-bond donors (Lipinski definition) is 1. The first kappa shape index (κ1) is 16.2. The second-order valence-corrected chi connectivity index (χ2v) is 5.95. The number of esters is 1. The van der Waals surface area contributed by atoms with E-state index in [9.17, 15) is 18.0 Å². The molecule has 0 saturated heterocycles. The van der Waals surface area contributed by atoms with Gasteiger partial charge in [0.25, 0.3) is 0 Å². The van der Waals surface area contributed by atoms with E-state index in [1.54, 1.807) is 6.92 Å². The smallest absolute Gasteiger partial charge is 0.306 e. The predicted molar refractivity (Wildman–Crippen MR) is 75.1 cm³/mol. The van der Waals surface area contributed by atoms with Crippen LogP contribution in [0.2, 0.25) is 0 Å². The summed E-state index contributed by atoms with van der Waals surface area (Å²) in [6.07, 6.45) is -0.200. The molecule has 0 aromatic heterocycles. The van der Waals surface area contributed by atoms with Crippen molar-refractivity contribution in [3.05, 3.63) is 29.8 Å². The lowest BCUT2D eigenvalue weighted by Crippen LogP contribution is -2.20. The maximum atomic E-state index is 11.7. The first-order chi connectivity index (χ1) is 9.34. The number of ether oxygens (including phenoxy) is 1. The molecule has 1 N–H and O–H groups in total. The maximum Gasteiger partial charge on any atom is 0.306 e. The summed E-state index contributed by atoms with van der Waals surface area (Å²) in [6.45, 7) is 3.30. The van der Waals surface area contributed by atoms with Crippen LogP contribution in [0.1, 0.15) is 30.6 Å². The molecule has 1 aromatic rings. The van der Waals surface area contributed by atoms with E-state index in [2.05, 4.69) is 9.46 Å². The summed E-state index contributed by atoms with van der Waals surface area (Å²) >= 11 is 0. The summed E-state index contributed by atoms with van der Waals surface area (Å²) < 4.78 is 30.5. The van der Waals surface area contributed by atoms with Crippen molar-refractivity contribution < 1.29 is 22.7 Å². The van der Waals surface area contributed by atoms with Crippen molar-refractivity contribution in [2.24, 2.45) is 0 Å². The van der Waals surface area contributed by atoms with E-state index < -0.39 is 16.0 Å². The summed E-state index contributed by atoms with van der Waals surface area (Å²) in [4.78, 5) is 22.2. The van der Waals surface area contributed by atoms with Gasteiger partial charge in [-0.1, -0.05) is 0 Å². The van der Waals surface area contributed by atoms with Crippen molar-refractivity contribution in [3.63, 3.8) is 0 Å². The molecule has 6 nitrogen and oxygen atoms in total. The maximum absolute atomic E-state index is 11.7. The lowest BCUT2D eigenvalue weighted by Gasteiger charge is -2.08. The lowest BCUT2D eigenvalue weighted by molar-refractivity contribution is -0.142. The highest BCUT2D eigenvalue weighted by molar-refractivity contribution is 7.92. The Bertz CT molecular complexity index is 577. The number of benzene rings is 1. The number of sulfonamides is 1. The van der Waals surface area contributed by atoms with Crippen LogP contribution >= 0.6 is 0 Å². The molecule has 0 atom stereocenters. The Morgan fingerprint density at radius 2 is 1.80 bits per heavy atom. The molecule has 110 valence electrons. The minimum atomic E-state index is -3.62. The highest BCUT2D eigenvalue weighted by atomic mass is 32.2. The third-order valence-electron chi connectivity index (χ3n) is 2.45. The summed E-state index contributed by atoms with van der Waals surface area (Å²) in [7, 11) is -3.62. The van der Waals surface area contributed by atoms with Crippen molar-refractivity contribution >= 4 is 27.5 Å². The molecule has 0 spiro atoms. The molecule has 0 saturated carbocycles. The Morgan fingerprint density at radius 1 is 1.20 bits per heavy atom. The van der Waals surface area contributed by atoms with Gasteiger partial charge >= 0.3 is 5.97 Å². The molecule has 1 aromatic carbocycles. The number of anilines is 1. The molecule has 0 radical (unpaired) electrons. The van der Waals surface area contributed by atoms with Gasteiger partial charge in [0.15, 0.2) is 5.78 Å². The molecular formula is C13H17NO5S. The van der Waals surface area contributed by atoms with Crippen molar-refractivity contribution in [1.82, 2.24) is 0 Å². The Balaban J connectivity index is 2.62. The summed E-state index contributed by atoms with van der Waals surface area (Å²) in [5.74, 6) is -0.994. The van der Waals surface area contributed by atoms with Crippen LogP contribution in [0.15, 0.2) is 24.3 Å². The van der Waals surface area contributed by atoms with Crippen LogP contribution < -0.4 is 4.72 Å². The fourth-order valence-corrected chi connectivity index (χ4v) is 2.49. The number of rotatable bonds is 7. The SMILES string of the molecule is CCOC(=O)CCS(=O)(=O)Nc1ccc(C(C)=O)cc1. The first-order valence-corrected chi connectivity index (χ1v) is 7.76. The third-order valence-corrected chi connectivity index (χ3v) is 3.73. The number of carbonyl (C=O) groups is 2. The number of Topliss-reactive ketones (excluding diaryl/α,β-unsaturated/α-hetero) is 1. The van der Waals surface area contributed by atoms with Gasteiger partial charge in [-0.25, -0.2) is 8.42 Å². The van der Waals surface area contributed by atoms with Gasteiger partial charge in [-0.3, -0.25) is 14.3 Å².